The maximum absolute atomic E-state index is 12.5. The fourth-order valence-electron chi connectivity index (χ4n) is 3.45. The van der Waals surface area contributed by atoms with Gasteiger partial charge in [-0.3, -0.25) is 4.79 Å². The molecular formula is C22H24N6O. The van der Waals surface area contributed by atoms with Crippen molar-refractivity contribution in [2.75, 3.05) is 41.3 Å². The number of carbonyl (C=O) groups is 1. The average Bonchev–Trinajstić information content (AvgIpc) is 2.76. The summed E-state index contributed by atoms with van der Waals surface area (Å²) in [6, 6.07) is 11.9. The maximum atomic E-state index is 12.5. The van der Waals surface area contributed by atoms with Crippen molar-refractivity contribution in [2.24, 2.45) is 0 Å². The third-order valence-electron chi connectivity index (χ3n) is 5.08. The van der Waals surface area contributed by atoms with Crippen molar-refractivity contribution in [1.82, 2.24) is 15.0 Å². The van der Waals surface area contributed by atoms with E-state index in [-0.39, 0.29) is 5.91 Å². The van der Waals surface area contributed by atoms with Crippen LogP contribution in [0.2, 0.25) is 0 Å². The van der Waals surface area contributed by atoms with Crippen molar-refractivity contribution in [3.05, 3.63) is 71.8 Å². The van der Waals surface area contributed by atoms with E-state index in [4.69, 9.17) is 0 Å². The van der Waals surface area contributed by atoms with Crippen LogP contribution >= 0.6 is 0 Å². The number of anilines is 3. The van der Waals surface area contributed by atoms with E-state index in [2.05, 4.69) is 30.1 Å². The van der Waals surface area contributed by atoms with Crippen molar-refractivity contribution < 1.29 is 4.79 Å². The molecule has 0 saturated carbocycles. The minimum absolute atomic E-state index is 0.254. The van der Waals surface area contributed by atoms with Crippen LogP contribution in [0.4, 0.5) is 17.3 Å². The Hall–Kier alpha value is -3.48. The van der Waals surface area contributed by atoms with Gasteiger partial charge in [0.15, 0.2) is 0 Å². The molecule has 3 heterocycles. The Labute approximate surface area is 170 Å². The van der Waals surface area contributed by atoms with Gasteiger partial charge in [0, 0.05) is 38.1 Å². The number of amides is 1. The largest absolute Gasteiger partial charge is 0.353 e. The number of benzene rings is 1. The van der Waals surface area contributed by atoms with E-state index in [0.717, 1.165) is 54.6 Å². The number of aromatic nitrogens is 3. The summed E-state index contributed by atoms with van der Waals surface area (Å²) in [5.41, 5.74) is 3.28. The van der Waals surface area contributed by atoms with Crippen LogP contribution in [0.5, 0.6) is 0 Å². The highest BCUT2D eigenvalue weighted by atomic mass is 16.1. The van der Waals surface area contributed by atoms with Crippen LogP contribution < -0.4 is 15.1 Å². The smallest absolute Gasteiger partial charge is 0.275 e. The van der Waals surface area contributed by atoms with E-state index in [0.29, 0.717) is 5.69 Å². The molecule has 0 atom stereocenters. The fourth-order valence-corrected chi connectivity index (χ4v) is 3.45. The Morgan fingerprint density at radius 2 is 1.66 bits per heavy atom. The summed E-state index contributed by atoms with van der Waals surface area (Å²) in [6.45, 7) is 7.40. The maximum Gasteiger partial charge on any atom is 0.275 e. The van der Waals surface area contributed by atoms with E-state index in [9.17, 15) is 4.79 Å². The van der Waals surface area contributed by atoms with E-state index < -0.39 is 0 Å². The summed E-state index contributed by atoms with van der Waals surface area (Å²) in [5, 5.41) is 2.91. The summed E-state index contributed by atoms with van der Waals surface area (Å²) in [4.78, 5) is 30.1. The monoisotopic (exact) mass is 388 g/mol. The lowest BCUT2D eigenvalue weighted by Crippen LogP contribution is -2.47. The van der Waals surface area contributed by atoms with Gasteiger partial charge in [-0.1, -0.05) is 23.8 Å². The summed E-state index contributed by atoms with van der Waals surface area (Å²) >= 11 is 0. The van der Waals surface area contributed by atoms with Crippen molar-refractivity contribution in [1.29, 1.82) is 0 Å². The Morgan fingerprint density at radius 3 is 2.28 bits per heavy atom. The zero-order chi connectivity index (χ0) is 20.2. The van der Waals surface area contributed by atoms with Crippen LogP contribution in [0.15, 0.2) is 55.0 Å². The molecular weight excluding hydrogens is 364 g/mol. The SMILES string of the molecule is Cc1ccc(NC(=O)c2cnc(N3CCN(c4ccccn4)CC3)cn2)c(C)c1. The van der Waals surface area contributed by atoms with Gasteiger partial charge in [0.05, 0.1) is 12.4 Å². The lowest BCUT2D eigenvalue weighted by Gasteiger charge is -2.35. The zero-order valence-electron chi connectivity index (χ0n) is 16.7. The molecule has 0 radical (unpaired) electrons. The average molecular weight is 388 g/mol. The molecule has 3 aromatic rings. The molecule has 29 heavy (non-hydrogen) atoms. The topological polar surface area (TPSA) is 74.2 Å². The van der Waals surface area contributed by atoms with Crippen molar-refractivity contribution in [2.45, 2.75) is 13.8 Å². The summed E-state index contributed by atoms with van der Waals surface area (Å²) in [7, 11) is 0. The van der Waals surface area contributed by atoms with Gasteiger partial charge in [-0.05, 0) is 37.6 Å². The number of pyridine rings is 1. The minimum atomic E-state index is -0.254. The number of piperazine rings is 1. The van der Waals surface area contributed by atoms with Crippen LogP contribution in [-0.2, 0) is 0 Å². The second-order valence-electron chi connectivity index (χ2n) is 7.19. The van der Waals surface area contributed by atoms with Crippen LogP contribution in [-0.4, -0.2) is 47.0 Å². The molecule has 1 fully saturated rings. The molecule has 1 aliphatic rings. The summed E-state index contributed by atoms with van der Waals surface area (Å²) < 4.78 is 0. The predicted octanol–water partition coefficient (Wildman–Crippen LogP) is 3.07. The first-order chi connectivity index (χ1) is 14.1. The molecule has 4 rings (SSSR count). The van der Waals surface area contributed by atoms with Crippen molar-refractivity contribution >= 4 is 23.2 Å². The summed E-state index contributed by atoms with van der Waals surface area (Å²) in [5.74, 6) is 1.53. The molecule has 7 nitrogen and oxygen atoms in total. The molecule has 1 saturated heterocycles. The van der Waals surface area contributed by atoms with Gasteiger partial charge in [0.2, 0.25) is 0 Å². The highest BCUT2D eigenvalue weighted by molar-refractivity contribution is 6.03. The molecule has 0 spiro atoms. The quantitative estimate of drug-likeness (QED) is 0.740. The van der Waals surface area contributed by atoms with Crippen LogP contribution in [0.1, 0.15) is 21.6 Å². The Morgan fingerprint density at radius 1 is 0.897 bits per heavy atom. The van der Waals surface area contributed by atoms with Crippen molar-refractivity contribution in [3.8, 4) is 0 Å². The number of rotatable bonds is 4. The molecule has 1 aliphatic heterocycles. The van der Waals surface area contributed by atoms with Crippen LogP contribution in [0.25, 0.3) is 0 Å². The van der Waals surface area contributed by atoms with Gasteiger partial charge in [0.1, 0.15) is 17.3 Å². The van der Waals surface area contributed by atoms with Gasteiger partial charge in [-0.15, -0.1) is 0 Å². The van der Waals surface area contributed by atoms with Crippen LogP contribution in [0.3, 0.4) is 0 Å². The third kappa shape index (κ3) is 4.34. The van der Waals surface area contributed by atoms with Gasteiger partial charge < -0.3 is 15.1 Å². The van der Waals surface area contributed by atoms with E-state index in [1.807, 2.05) is 56.4 Å². The number of carbonyl (C=O) groups excluding carboxylic acids is 1. The predicted molar refractivity (Wildman–Crippen MR) is 115 cm³/mol. The first-order valence-electron chi connectivity index (χ1n) is 9.72. The molecule has 0 bridgehead atoms. The molecule has 0 aliphatic carbocycles. The number of nitrogens with one attached hydrogen (secondary N) is 1. The Balaban J connectivity index is 1.37. The number of nitrogens with zero attached hydrogens (tertiary/aromatic N) is 5. The Bertz CT molecular complexity index is 982. The number of hydrogen-bond acceptors (Lipinski definition) is 6. The summed E-state index contributed by atoms with van der Waals surface area (Å²) in [6.07, 6.45) is 5.03. The van der Waals surface area contributed by atoms with E-state index in [1.54, 1.807) is 12.4 Å². The van der Waals surface area contributed by atoms with Gasteiger partial charge in [0.25, 0.3) is 5.91 Å². The highest BCUT2D eigenvalue weighted by Gasteiger charge is 2.19. The lowest BCUT2D eigenvalue weighted by molar-refractivity contribution is 0.102. The van der Waals surface area contributed by atoms with Gasteiger partial charge in [-0.25, -0.2) is 15.0 Å². The second-order valence-corrected chi connectivity index (χ2v) is 7.19. The lowest BCUT2D eigenvalue weighted by atomic mass is 10.1. The normalized spacial score (nSPS) is 14.0. The van der Waals surface area contributed by atoms with E-state index >= 15 is 0 Å². The molecule has 7 heteroatoms. The zero-order valence-corrected chi connectivity index (χ0v) is 16.7. The number of aryl methyl sites for hydroxylation is 2. The molecule has 2 aromatic heterocycles. The molecule has 1 N–H and O–H groups in total. The second kappa shape index (κ2) is 8.26. The molecule has 1 amide bonds. The molecule has 0 unspecified atom stereocenters. The standard InChI is InChI=1S/C22H24N6O/c1-16-6-7-18(17(2)13-16)26-22(29)19-14-25-21(15-24-19)28-11-9-27(10-12-28)20-5-3-4-8-23-20/h3-8,13-15H,9-12H2,1-2H3,(H,26,29). The molecule has 1 aromatic carbocycles. The molecule has 148 valence electrons. The number of hydrogen-bond donors (Lipinski definition) is 1. The van der Waals surface area contributed by atoms with Crippen LogP contribution in [0, 0.1) is 13.8 Å². The van der Waals surface area contributed by atoms with Crippen molar-refractivity contribution in [3.63, 3.8) is 0 Å². The minimum Gasteiger partial charge on any atom is -0.353 e. The van der Waals surface area contributed by atoms with Gasteiger partial charge in [-0.2, -0.15) is 0 Å². The van der Waals surface area contributed by atoms with E-state index in [1.165, 1.54) is 0 Å². The first kappa shape index (κ1) is 18.9. The fraction of sp³-hybridized carbons (Fsp3) is 0.273. The first-order valence-corrected chi connectivity index (χ1v) is 9.72. The highest BCUT2D eigenvalue weighted by Crippen LogP contribution is 2.18. The van der Waals surface area contributed by atoms with Gasteiger partial charge >= 0.3 is 0 Å². The third-order valence-corrected chi connectivity index (χ3v) is 5.08. The Kier molecular flexibility index (Phi) is 5.37.